The molecule has 1 aromatic heterocycles. The molecule has 1 atom stereocenters. The number of thiophene rings is 1. The van der Waals surface area contributed by atoms with Gasteiger partial charge in [-0.15, -0.1) is 11.3 Å². The van der Waals surface area contributed by atoms with Crippen LogP contribution < -0.4 is 14.8 Å². The zero-order valence-corrected chi connectivity index (χ0v) is 17.7. The maximum absolute atomic E-state index is 12.5. The molecule has 2 heterocycles. The first-order valence-corrected chi connectivity index (χ1v) is 10.7. The third-order valence-corrected chi connectivity index (χ3v) is 6.15. The van der Waals surface area contributed by atoms with Gasteiger partial charge in [-0.2, -0.15) is 0 Å². The second-order valence-electron chi connectivity index (χ2n) is 7.70. The first-order chi connectivity index (χ1) is 14.0. The van der Waals surface area contributed by atoms with Crippen LogP contribution in [0.4, 0.5) is 5.69 Å². The molecule has 4 rings (SSSR count). The van der Waals surface area contributed by atoms with Crippen LogP contribution in [-0.2, 0) is 4.79 Å². The molecule has 4 nitrogen and oxygen atoms in total. The highest BCUT2D eigenvalue weighted by Crippen LogP contribution is 2.46. The van der Waals surface area contributed by atoms with Crippen molar-refractivity contribution in [1.82, 2.24) is 0 Å². The number of benzene rings is 2. The van der Waals surface area contributed by atoms with Crippen LogP contribution in [-0.4, -0.2) is 19.6 Å². The number of nitrogens with one attached hydrogen (secondary N) is 1. The first kappa shape index (κ1) is 19.5. The summed E-state index contributed by atoms with van der Waals surface area (Å²) >= 11 is 1.70. The van der Waals surface area contributed by atoms with E-state index < -0.39 is 0 Å². The van der Waals surface area contributed by atoms with Crippen LogP contribution >= 0.6 is 11.3 Å². The maximum Gasteiger partial charge on any atom is 0.225 e. The van der Waals surface area contributed by atoms with Gasteiger partial charge in [-0.1, -0.05) is 38.1 Å². The second-order valence-corrected chi connectivity index (χ2v) is 8.61. The average molecular weight is 408 g/mol. The lowest BCUT2D eigenvalue weighted by Gasteiger charge is -2.24. The van der Waals surface area contributed by atoms with E-state index in [1.165, 1.54) is 4.88 Å². The van der Waals surface area contributed by atoms with Gasteiger partial charge in [-0.25, -0.2) is 0 Å². The molecule has 5 heteroatoms. The molecule has 150 valence electrons. The molecule has 2 aromatic carbocycles. The van der Waals surface area contributed by atoms with E-state index in [9.17, 15) is 4.79 Å². The number of carbonyl (C=O) groups excluding carboxylic acids is 1. The number of amides is 1. The quantitative estimate of drug-likeness (QED) is 0.551. The molecule has 1 aliphatic rings. The monoisotopic (exact) mass is 407 g/mol. The maximum atomic E-state index is 12.5. The predicted molar refractivity (Wildman–Crippen MR) is 118 cm³/mol. The van der Waals surface area contributed by atoms with Crippen LogP contribution in [0, 0.1) is 5.92 Å². The minimum absolute atomic E-state index is 0.0517. The molecule has 29 heavy (non-hydrogen) atoms. The highest BCUT2D eigenvalue weighted by atomic mass is 32.1. The zero-order chi connectivity index (χ0) is 20.4. The Morgan fingerprint density at radius 3 is 2.41 bits per heavy atom. The summed E-state index contributed by atoms with van der Waals surface area (Å²) in [6.45, 7) is 4.97. The molecule has 3 aromatic rings. The topological polar surface area (TPSA) is 47.6 Å². The van der Waals surface area contributed by atoms with Crippen LogP contribution in [0.3, 0.4) is 0 Å². The second kappa shape index (κ2) is 8.29. The molecular formula is C24H25NO3S. The van der Waals surface area contributed by atoms with Crippen LogP contribution in [0.2, 0.25) is 0 Å². The summed E-state index contributed by atoms with van der Waals surface area (Å²) in [4.78, 5) is 13.7. The SMILES string of the molecule is COc1ccc(-c2csc3c2NC(=O)CC3c2ccc(OCC(C)C)cc2)cc1. The van der Waals surface area contributed by atoms with Crippen LogP contribution in [0.1, 0.15) is 36.6 Å². The number of hydrogen-bond donors (Lipinski definition) is 1. The molecule has 0 spiro atoms. The largest absolute Gasteiger partial charge is 0.497 e. The average Bonchev–Trinajstić information content (AvgIpc) is 3.16. The molecule has 1 N–H and O–H groups in total. The van der Waals surface area contributed by atoms with Crippen molar-refractivity contribution in [3.63, 3.8) is 0 Å². The van der Waals surface area contributed by atoms with Crippen molar-refractivity contribution in [2.75, 3.05) is 19.0 Å². The van der Waals surface area contributed by atoms with Crippen molar-refractivity contribution in [3.05, 3.63) is 64.4 Å². The molecule has 0 fully saturated rings. The van der Waals surface area contributed by atoms with Crippen LogP contribution in [0.25, 0.3) is 11.1 Å². The molecule has 0 radical (unpaired) electrons. The number of methoxy groups -OCH3 is 1. The lowest BCUT2D eigenvalue weighted by Crippen LogP contribution is -2.22. The van der Waals surface area contributed by atoms with Gasteiger partial charge in [0.15, 0.2) is 0 Å². The van der Waals surface area contributed by atoms with Gasteiger partial charge in [0, 0.05) is 28.2 Å². The number of rotatable bonds is 6. The Labute approximate surface area is 175 Å². The Kier molecular flexibility index (Phi) is 5.58. The fourth-order valence-corrected chi connectivity index (χ4v) is 4.70. The summed E-state index contributed by atoms with van der Waals surface area (Å²) in [6, 6.07) is 16.1. The van der Waals surface area contributed by atoms with E-state index in [1.807, 2.05) is 36.4 Å². The highest BCUT2D eigenvalue weighted by molar-refractivity contribution is 7.11. The van der Waals surface area contributed by atoms with Crippen molar-refractivity contribution < 1.29 is 14.3 Å². The molecular weight excluding hydrogens is 382 g/mol. The van der Waals surface area contributed by atoms with Gasteiger partial charge >= 0.3 is 0 Å². The number of carbonyl (C=O) groups is 1. The molecule has 0 saturated heterocycles. The minimum atomic E-state index is 0.0517. The van der Waals surface area contributed by atoms with Gasteiger partial charge in [0.2, 0.25) is 5.91 Å². The Bertz CT molecular complexity index is 990. The molecule has 0 saturated carbocycles. The van der Waals surface area contributed by atoms with E-state index in [1.54, 1.807) is 18.4 Å². The van der Waals surface area contributed by atoms with E-state index in [0.717, 1.165) is 33.9 Å². The Morgan fingerprint density at radius 1 is 1.07 bits per heavy atom. The summed E-state index contributed by atoms with van der Waals surface area (Å²) in [6.07, 6.45) is 0.460. The van der Waals surface area contributed by atoms with E-state index in [2.05, 4.69) is 36.7 Å². The van der Waals surface area contributed by atoms with E-state index in [4.69, 9.17) is 9.47 Å². The molecule has 1 unspecified atom stereocenters. The van der Waals surface area contributed by atoms with Crippen molar-refractivity contribution in [2.45, 2.75) is 26.2 Å². The van der Waals surface area contributed by atoms with E-state index in [-0.39, 0.29) is 11.8 Å². The van der Waals surface area contributed by atoms with Crippen molar-refractivity contribution >= 4 is 22.9 Å². The third kappa shape index (κ3) is 4.15. The van der Waals surface area contributed by atoms with Gasteiger partial charge in [-0.05, 0) is 41.3 Å². The Morgan fingerprint density at radius 2 is 1.76 bits per heavy atom. The number of ether oxygens (including phenoxy) is 2. The molecule has 0 bridgehead atoms. The summed E-state index contributed by atoms with van der Waals surface area (Å²) in [5, 5.41) is 5.23. The van der Waals surface area contributed by atoms with Crippen LogP contribution in [0.15, 0.2) is 53.9 Å². The number of anilines is 1. The number of hydrogen-bond acceptors (Lipinski definition) is 4. The summed E-state index contributed by atoms with van der Waals surface area (Å²) < 4.78 is 11.0. The fourth-order valence-electron chi connectivity index (χ4n) is 3.54. The van der Waals surface area contributed by atoms with Crippen molar-refractivity contribution in [3.8, 4) is 22.6 Å². The summed E-state index contributed by atoms with van der Waals surface area (Å²) in [5.41, 5.74) is 4.20. The van der Waals surface area contributed by atoms with Crippen molar-refractivity contribution in [1.29, 1.82) is 0 Å². The summed E-state index contributed by atoms with van der Waals surface area (Å²) in [5.74, 6) is 2.29. The highest BCUT2D eigenvalue weighted by Gasteiger charge is 2.30. The molecule has 0 aliphatic carbocycles. The van der Waals surface area contributed by atoms with Gasteiger partial charge in [0.1, 0.15) is 11.5 Å². The minimum Gasteiger partial charge on any atom is -0.497 e. The first-order valence-electron chi connectivity index (χ1n) is 9.83. The van der Waals surface area contributed by atoms with Gasteiger partial charge < -0.3 is 14.8 Å². The van der Waals surface area contributed by atoms with Gasteiger partial charge in [-0.3, -0.25) is 4.79 Å². The molecule has 1 aliphatic heterocycles. The van der Waals surface area contributed by atoms with Crippen molar-refractivity contribution in [2.24, 2.45) is 5.92 Å². The zero-order valence-electron chi connectivity index (χ0n) is 16.9. The number of fused-ring (bicyclic) bond motifs is 1. The standard InChI is InChI=1S/C24H25NO3S/c1-15(2)13-28-19-10-6-16(7-11-19)20-12-22(26)25-23-21(14-29-24(20)23)17-4-8-18(27-3)9-5-17/h4-11,14-15,20H,12-13H2,1-3H3,(H,25,26). The lowest BCUT2D eigenvalue weighted by molar-refractivity contribution is -0.116. The Hall–Kier alpha value is -2.79. The smallest absolute Gasteiger partial charge is 0.225 e. The lowest BCUT2D eigenvalue weighted by atomic mass is 9.89. The van der Waals surface area contributed by atoms with E-state index >= 15 is 0 Å². The van der Waals surface area contributed by atoms with Crippen LogP contribution in [0.5, 0.6) is 11.5 Å². The Balaban J connectivity index is 1.63. The third-order valence-electron chi connectivity index (χ3n) is 5.06. The van der Waals surface area contributed by atoms with Gasteiger partial charge in [0.05, 0.1) is 19.4 Å². The normalized spacial score (nSPS) is 15.7. The fraction of sp³-hybridized carbons (Fsp3) is 0.292. The molecule has 1 amide bonds. The van der Waals surface area contributed by atoms with Gasteiger partial charge in [0.25, 0.3) is 0 Å². The summed E-state index contributed by atoms with van der Waals surface area (Å²) in [7, 11) is 1.66. The van der Waals surface area contributed by atoms with E-state index in [0.29, 0.717) is 18.9 Å². The predicted octanol–water partition coefficient (Wildman–Crippen LogP) is 5.93.